The van der Waals surface area contributed by atoms with Gasteiger partial charge in [0.1, 0.15) is 18.3 Å². The molecule has 1 aromatic heterocycles. The van der Waals surface area contributed by atoms with Crippen molar-refractivity contribution in [1.29, 1.82) is 0 Å². The van der Waals surface area contributed by atoms with Gasteiger partial charge in [-0.3, -0.25) is 0 Å². The van der Waals surface area contributed by atoms with Crippen LogP contribution in [0.2, 0.25) is 0 Å². The molecule has 0 saturated carbocycles. The molecular weight excluding hydrogens is 284 g/mol. The van der Waals surface area contributed by atoms with Crippen LogP contribution in [0.5, 0.6) is 0 Å². The Balaban J connectivity index is 2.05. The van der Waals surface area contributed by atoms with Crippen molar-refractivity contribution < 1.29 is 24.9 Å². The van der Waals surface area contributed by atoms with E-state index in [0.29, 0.717) is 5.56 Å². The van der Waals surface area contributed by atoms with Gasteiger partial charge in [0.25, 0.3) is 0 Å². The maximum atomic E-state index is 11.1. The molecule has 2 heterocycles. The molecule has 10 heteroatoms. The van der Waals surface area contributed by atoms with Crippen LogP contribution in [0, 0.1) is 6.92 Å². The summed E-state index contributed by atoms with van der Waals surface area (Å²) in [7, 11) is 0. The summed E-state index contributed by atoms with van der Waals surface area (Å²) in [6.45, 7) is 1.18. The average molecular weight is 302 g/mol. The first kappa shape index (κ1) is 15.8. The molecule has 0 radical (unpaired) electrons. The standard InChI is InChI=1S/C11H18N4O6/c1-4-2-13-11(19)14-9(4)15-21-10-6(12)8(18)7(17)5(3-16)20-10/h2,5-8,10,16-18H,3,12H2,1H3,(H2,13,14,15,19)/t5-,6-,7-,8-,10+/m1/s1. The normalized spacial score (nSPS) is 32.9. The molecule has 1 aromatic rings. The van der Waals surface area contributed by atoms with Gasteiger partial charge in [0.2, 0.25) is 6.29 Å². The molecule has 0 aliphatic carbocycles. The molecule has 1 aliphatic rings. The van der Waals surface area contributed by atoms with E-state index in [1.54, 1.807) is 6.92 Å². The van der Waals surface area contributed by atoms with Crippen LogP contribution in [-0.2, 0) is 9.57 Å². The summed E-state index contributed by atoms with van der Waals surface area (Å²) in [6.07, 6.45) is -3.36. The first-order valence-electron chi connectivity index (χ1n) is 6.30. The molecule has 1 saturated heterocycles. The molecule has 7 N–H and O–H groups in total. The number of aliphatic hydroxyl groups is 3. The summed E-state index contributed by atoms with van der Waals surface area (Å²) in [6, 6.07) is -1.04. The van der Waals surface area contributed by atoms with Crippen molar-refractivity contribution in [1.82, 2.24) is 9.97 Å². The second-order valence-electron chi connectivity index (χ2n) is 4.74. The van der Waals surface area contributed by atoms with Gasteiger partial charge in [-0.05, 0) is 6.92 Å². The minimum atomic E-state index is -1.32. The number of nitrogens with two attached hydrogens (primary N) is 1. The van der Waals surface area contributed by atoms with E-state index in [1.165, 1.54) is 6.20 Å². The maximum Gasteiger partial charge on any atom is 0.346 e. The summed E-state index contributed by atoms with van der Waals surface area (Å²) >= 11 is 0. The number of ether oxygens (including phenoxy) is 1. The molecule has 0 spiro atoms. The highest BCUT2D eigenvalue weighted by Gasteiger charge is 2.43. The molecule has 10 nitrogen and oxygen atoms in total. The van der Waals surface area contributed by atoms with Crippen molar-refractivity contribution in [3.63, 3.8) is 0 Å². The lowest BCUT2D eigenvalue weighted by Crippen LogP contribution is -2.62. The molecular formula is C11H18N4O6. The summed E-state index contributed by atoms with van der Waals surface area (Å²) in [4.78, 5) is 22.3. The largest absolute Gasteiger partial charge is 0.394 e. The van der Waals surface area contributed by atoms with Crippen LogP contribution in [-0.4, -0.2) is 62.5 Å². The predicted octanol–water partition coefficient (Wildman–Crippen LogP) is -2.81. The number of nitrogens with one attached hydrogen (secondary N) is 2. The van der Waals surface area contributed by atoms with E-state index < -0.39 is 42.9 Å². The third kappa shape index (κ3) is 3.37. The number of rotatable bonds is 4. The van der Waals surface area contributed by atoms with Gasteiger partial charge in [-0.15, -0.1) is 0 Å². The maximum absolute atomic E-state index is 11.1. The van der Waals surface area contributed by atoms with Crippen molar-refractivity contribution >= 4 is 5.82 Å². The Morgan fingerprint density at radius 2 is 2.24 bits per heavy atom. The first-order chi connectivity index (χ1) is 9.93. The Bertz CT molecular complexity index is 536. The molecule has 0 aromatic carbocycles. The average Bonchev–Trinajstić information content (AvgIpc) is 2.47. The molecule has 0 unspecified atom stereocenters. The van der Waals surface area contributed by atoms with Gasteiger partial charge in [0.05, 0.1) is 12.6 Å². The lowest BCUT2D eigenvalue weighted by Gasteiger charge is -2.39. The Morgan fingerprint density at radius 3 is 2.90 bits per heavy atom. The number of aryl methyl sites for hydroxylation is 1. The number of aromatic amines is 1. The van der Waals surface area contributed by atoms with Crippen molar-refractivity contribution in [2.24, 2.45) is 5.73 Å². The fourth-order valence-electron chi connectivity index (χ4n) is 1.89. The molecule has 0 amide bonds. The number of hydrogen-bond donors (Lipinski definition) is 6. The van der Waals surface area contributed by atoms with Crippen molar-refractivity contribution in [2.75, 3.05) is 12.1 Å². The second kappa shape index (κ2) is 6.47. The molecule has 1 aliphatic heterocycles. The van der Waals surface area contributed by atoms with E-state index in [9.17, 15) is 15.0 Å². The second-order valence-corrected chi connectivity index (χ2v) is 4.74. The SMILES string of the molecule is Cc1c[nH]c(=O)nc1NO[C@@H]1O[C@H](CO)[C@@H](O)[C@H](O)[C@H]1N. The van der Waals surface area contributed by atoms with E-state index in [2.05, 4.69) is 15.4 Å². The monoisotopic (exact) mass is 302 g/mol. The molecule has 2 rings (SSSR count). The predicted molar refractivity (Wildman–Crippen MR) is 70.0 cm³/mol. The van der Waals surface area contributed by atoms with Gasteiger partial charge in [0.15, 0.2) is 5.82 Å². The van der Waals surface area contributed by atoms with Gasteiger partial charge in [-0.25, -0.2) is 15.1 Å². The highest BCUT2D eigenvalue weighted by molar-refractivity contribution is 5.38. The summed E-state index contributed by atoms with van der Waals surface area (Å²) in [5, 5.41) is 28.5. The fourth-order valence-corrected chi connectivity index (χ4v) is 1.89. The van der Waals surface area contributed by atoms with E-state index in [-0.39, 0.29) is 5.82 Å². The van der Waals surface area contributed by atoms with Crippen LogP contribution in [0.3, 0.4) is 0 Å². The quantitative estimate of drug-likeness (QED) is 0.322. The van der Waals surface area contributed by atoms with Gasteiger partial charge in [-0.2, -0.15) is 4.98 Å². The number of anilines is 1. The van der Waals surface area contributed by atoms with Crippen LogP contribution in [0.25, 0.3) is 0 Å². The molecule has 5 atom stereocenters. The third-order valence-electron chi connectivity index (χ3n) is 3.20. The van der Waals surface area contributed by atoms with E-state index in [4.69, 9.17) is 20.4 Å². The van der Waals surface area contributed by atoms with E-state index >= 15 is 0 Å². The topological polar surface area (TPSA) is 163 Å². The zero-order valence-electron chi connectivity index (χ0n) is 11.3. The number of aliphatic hydroxyl groups excluding tert-OH is 3. The van der Waals surface area contributed by atoms with Crippen molar-refractivity contribution in [2.45, 2.75) is 37.6 Å². The van der Waals surface area contributed by atoms with Crippen LogP contribution >= 0.6 is 0 Å². The van der Waals surface area contributed by atoms with Crippen LogP contribution in [0.4, 0.5) is 5.82 Å². The Hall–Kier alpha value is -1.56. The van der Waals surface area contributed by atoms with Crippen molar-refractivity contribution in [3.05, 3.63) is 22.2 Å². The van der Waals surface area contributed by atoms with Gasteiger partial charge < -0.3 is 30.8 Å². The lowest BCUT2D eigenvalue weighted by molar-refractivity contribution is -0.258. The van der Waals surface area contributed by atoms with Crippen LogP contribution < -0.4 is 16.9 Å². The molecule has 21 heavy (non-hydrogen) atoms. The van der Waals surface area contributed by atoms with Crippen LogP contribution in [0.15, 0.2) is 11.0 Å². The van der Waals surface area contributed by atoms with E-state index in [1.807, 2.05) is 0 Å². The summed E-state index contributed by atoms with van der Waals surface area (Å²) in [5.41, 5.74) is 8.16. The Morgan fingerprint density at radius 1 is 1.52 bits per heavy atom. The van der Waals surface area contributed by atoms with Crippen LogP contribution in [0.1, 0.15) is 5.56 Å². The molecule has 1 fully saturated rings. The highest BCUT2D eigenvalue weighted by Crippen LogP contribution is 2.21. The smallest absolute Gasteiger partial charge is 0.346 e. The summed E-state index contributed by atoms with van der Waals surface area (Å²) in [5.74, 6) is 0.163. The number of hydrogen-bond acceptors (Lipinski definition) is 9. The minimum Gasteiger partial charge on any atom is -0.394 e. The Kier molecular flexibility index (Phi) is 4.88. The van der Waals surface area contributed by atoms with E-state index in [0.717, 1.165) is 0 Å². The number of H-pyrrole nitrogens is 1. The minimum absolute atomic E-state index is 0.163. The number of nitrogens with zero attached hydrogens (tertiary/aromatic N) is 1. The van der Waals surface area contributed by atoms with Gasteiger partial charge in [-0.1, -0.05) is 0 Å². The van der Waals surface area contributed by atoms with Gasteiger partial charge >= 0.3 is 5.69 Å². The number of aromatic nitrogens is 2. The first-order valence-corrected chi connectivity index (χ1v) is 6.30. The zero-order chi connectivity index (χ0) is 15.6. The fraction of sp³-hybridized carbons (Fsp3) is 0.636. The molecule has 0 bridgehead atoms. The van der Waals surface area contributed by atoms with Gasteiger partial charge in [0, 0.05) is 11.8 Å². The molecule has 118 valence electrons. The third-order valence-corrected chi connectivity index (χ3v) is 3.20. The van der Waals surface area contributed by atoms with Crippen molar-refractivity contribution in [3.8, 4) is 0 Å². The lowest BCUT2D eigenvalue weighted by atomic mass is 9.98. The highest BCUT2D eigenvalue weighted by atomic mass is 16.8. The Labute approximate surface area is 119 Å². The zero-order valence-corrected chi connectivity index (χ0v) is 11.3. The summed E-state index contributed by atoms with van der Waals surface area (Å²) < 4.78 is 5.24.